The highest BCUT2D eigenvalue weighted by Gasteiger charge is 2.33. The Balaban J connectivity index is 0.891. The van der Waals surface area contributed by atoms with Gasteiger partial charge in [0.15, 0.2) is 5.58 Å². The van der Waals surface area contributed by atoms with Crippen molar-refractivity contribution in [2.45, 2.75) is 0 Å². The van der Waals surface area contributed by atoms with Gasteiger partial charge in [-0.2, -0.15) is 0 Å². The molecule has 534 valence electrons. The second kappa shape index (κ2) is 26.7. The average molecular weight is 1460 g/mol. The van der Waals surface area contributed by atoms with E-state index < -0.39 is 0 Å². The largest absolute Gasteiger partial charge is 0.454 e. The fourth-order valence-electron chi connectivity index (χ4n) is 18.9. The first-order valence-corrected chi connectivity index (χ1v) is 39.3. The maximum absolute atomic E-state index is 7.09. The van der Waals surface area contributed by atoms with Crippen LogP contribution in [0.5, 0.6) is 0 Å². The summed E-state index contributed by atoms with van der Waals surface area (Å²) in [5.41, 5.74) is 28.5. The predicted octanol–water partition coefficient (Wildman–Crippen LogP) is 30.3. The van der Waals surface area contributed by atoms with Crippen molar-refractivity contribution in [3.8, 4) is 140 Å². The van der Waals surface area contributed by atoms with Crippen LogP contribution in [0.3, 0.4) is 0 Å². The van der Waals surface area contributed by atoms with Crippen LogP contribution in [0.25, 0.3) is 237 Å². The van der Waals surface area contributed by atoms with Crippen molar-refractivity contribution < 1.29 is 8.83 Å². The molecular weight excluding hydrogens is 1400 g/mol. The lowest BCUT2D eigenvalue weighted by molar-refractivity contribution is 0.584. The van der Waals surface area contributed by atoms with E-state index in [0.717, 1.165) is 171 Å². The molecule has 5 nitrogen and oxygen atoms in total. The molecule has 0 spiro atoms. The third kappa shape index (κ3) is 10.5. The Morgan fingerprint density at radius 3 is 0.965 bits per heavy atom. The number of aromatic nitrogens is 3. The van der Waals surface area contributed by atoms with Crippen molar-refractivity contribution in [3.63, 3.8) is 0 Å². The van der Waals surface area contributed by atoms with Gasteiger partial charge in [0, 0.05) is 38.4 Å². The molecule has 0 saturated carbocycles. The molecule has 0 aliphatic rings. The molecule has 5 heteroatoms. The van der Waals surface area contributed by atoms with Crippen molar-refractivity contribution >= 4 is 97.6 Å². The van der Waals surface area contributed by atoms with E-state index in [1.165, 1.54) is 54.6 Å². The highest BCUT2D eigenvalue weighted by Crippen LogP contribution is 2.61. The van der Waals surface area contributed by atoms with E-state index >= 15 is 0 Å². The normalized spacial score (nSPS) is 11.8. The smallest absolute Gasteiger partial charge is 0.248 e. The van der Waals surface area contributed by atoms with Gasteiger partial charge in [0.1, 0.15) is 5.58 Å². The standard InChI is InChI=1S/C110H67N3O2/c1-9-33-68(34-10-1)79-64-80(69-35-11-2-12-36-69)66-81(65-79)110-112-111-109(115-110)78-51-29-49-76(63-78)100-95(72-41-17-5-18-42-72)99(77-50-30-52-82(67-77)113-91-59-27-25-53-83(91)85-61-62-86-84-54-26-28-60-92(84)114-108(86)107(85)113)98(75-47-23-8-24-48-75)105-89-57-31-55-87-101(89)102-88(56-32-58-90(102)106(100)105)104-97(74-45-21-7-22-46-74)94(71-39-15-4-16-40-71)93(70-37-13-3-14-38-70)96(103(87)104)73-43-19-6-20-44-73/h1-67H. The van der Waals surface area contributed by atoms with E-state index in [1.54, 1.807) is 0 Å². The van der Waals surface area contributed by atoms with Crippen molar-refractivity contribution in [2.75, 3.05) is 0 Å². The fourth-order valence-corrected chi connectivity index (χ4v) is 18.9. The fraction of sp³-hybridized carbons (Fsp3) is 0. The lowest BCUT2D eigenvalue weighted by Crippen LogP contribution is -2.02. The van der Waals surface area contributed by atoms with Gasteiger partial charge in [0.05, 0.1) is 11.0 Å². The van der Waals surface area contributed by atoms with Gasteiger partial charge < -0.3 is 13.4 Å². The van der Waals surface area contributed by atoms with Crippen LogP contribution in [-0.2, 0) is 0 Å². The number of rotatable bonds is 13. The van der Waals surface area contributed by atoms with E-state index in [9.17, 15) is 0 Å². The van der Waals surface area contributed by atoms with E-state index in [1.807, 2.05) is 0 Å². The van der Waals surface area contributed by atoms with Crippen LogP contribution in [0.2, 0.25) is 0 Å². The Morgan fingerprint density at radius 1 is 0.183 bits per heavy atom. The predicted molar refractivity (Wildman–Crippen MR) is 480 cm³/mol. The summed E-state index contributed by atoms with van der Waals surface area (Å²) in [6.45, 7) is 0. The van der Waals surface area contributed by atoms with Gasteiger partial charge in [-0.3, -0.25) is 0 Å². The lowest BCUT2D eigenvalue weighted by atomic mass is 9.73. The number of fused-ring (bicyclic) bond motifs is 13. The maximum Gasteiger partial charge on any atom is 0.248 e. The molecule has 0 N–H and O–H groups in total. The van der Waals surface area contributed by atoms with Crippen LogP contribution in [0.15, 0.2) is 415 Å². The monoisotopic (exact) mass is 1460 g/mol. The molecule has 0 unspecified atom stereocenters. The minimum absolute atomic E-state index is 0.410. The first-order valence-electron chi connectivity index (χ1n) is 39.3. The summed E-state index contributed by atoms with van der Waals surface area (Å²) in [6.07, 6.45) is 0. The van der Waals surface area contributed by atoms with Crippen LogP contribution in [-0.4, -0.2) is 14.8 Å². The molecule has 0 amide bonds. The van der Waals surface area contributed by atoms with Gasteiger partial charge >= 0.3 is 0 Å². The summed E-state index contributed by atoms with van der Waals surface area (Å²) >= 11 is 0. The molecule has 0 radical (unpaired) electrons. The van der Waals surface area contributed by atoms with Gasteiger partial charge in [0.2, 0.25) is 11.8 Å². The van der Waals surface area contributed by atoms with Crippen molar-refractivity contribution in [1.82, 2.24) is 14.8 Å². The molecule has 0 saturated heterocycles. The van der Waals surface area contributed by atoms with E-state index in [4.69, 9.17) is 19.0 Å². The van der Waals surface area contributed by atoms with Gasteiger partial charge in [-0.15, -0.1) is 10.2 Å². The number of para-hydroxylation sites is 2. The van der Waals surface area contributed by atoms with Crippen molar-refractivity contribution in [2.24, 2.45) is 0 Å². The van der Waals surface area contributed by atoms with Crippen LogP contribution in [0, 0.1) is 0 Å². The molecule has 0 atom stereocenters. The van der Waals surface area contributed by atoms with Gasteiger partial charge in [-0.1, -0.05) is 346 Å². The average Bonchev–Trinajstić information content (AvgIpc) is 1.40. The maximum atomic E-state index is 7.09. The summed E-state index contributed by atoms with van der Waals surface area (Å²) in [4.78, 5) is 0. The Labute approximate surface area is 663 Å². The highest BCUT2D eigenvalue weighted by molar-refractivity contribution is 6.47. The highest BCUT2D eigenvalue weighted by atomic mass is 16.4. The number of hydrogen-bond donors (Lipinski definition) is 0. The zero-order valence-electron chi connectivity index (χ0n) is 62.3. The molecule has 3 aromatic heterocycles. The summed E-state index contributed by atoms with van der Waals surface area (Å²) in [6, 6.07) is 149. The van der Waals surface area contributed by atoms with E-state index in [2.05, 4.69) is 411 Å². The Kier molecular flexibility index (Phi) is 15.2. The summed E-state index contributed by atoms with van der Waals surface area (Å²) < 4.78 is 16.6. The van der Waals surface area contributed by atoms with Gasteiger partial charge in [-0.05, 0) is 226 Å². The third-order valence-corrected chi connectivity index (χ3v) is 23.6. The van der Waals surface area contributed by atoms with Crippen LogP contribution in [0.4, 0.5) is 0 Å². The molecule has 0 aliphatic heterocycles. The van der Waals surface area contributed by atoms with Crippen molar-refractivity contribution in [1.29, 1.82) is 0 Å². The molecule has 3 heterocycles. The molecule has 115 heavy (non-hydrogen) atoms. The summed E-state index contributed by atoms with van der Waals surface area (Å²) in [5.74, 6) is 0.837. The van der Waals surface area contributed by atoms with Crippen LogP contribution < -0.4 is 0 Å². The third-order valence-electron chi connectivity index (χ3n) is 23.6. The SMILES string of the molecule is c1ccc(-c2cc(-c3ccccc3)cc(-c3nnc(-c4cccc(-c5c(-c6ccccc6)c(-c6cccc(-n7c8ccccc8c8ccc9c%10ccccc%10oc9c87)c6)c(-c6ccccc6)c6c7cccc8c9c(-c%10ccccc%10)c(-c%10ccccc%10)c(-c%10ccccc%10)c(-c%10ccccc%10)c9c9cccc(c56)c9c87)c4)o3)c2)cc1. The zero-order chi connectivity index (χ0) is 75.6. The first-order chi connectivity index (χ1) is 57.1. The van der Waals surface area contributed by atoms with Gasteiger partial charge in [0.25, 0.3) is 0 Å². The minimum atomic E-state index is 0.410. The first kappa shape index (κ1) is 65.6. The molecule has 0 bridgehead atoms. The van der Waals surface area contributed by atoms with E-state index in [0.29, 0.717) is 11.8 Å². The number of nitrogens with zero attached hydrogens (tertiary/aromatic N) is 3. The summed E-state index contributed by atoms with van der Waals surface area (Å²) in [7, 11) is 0. The van der Waals surface area contributed by atoms with Crippen molar-refractivity contribution in [3.05, 3.63) is 406 Å². The van der Waals surface area contributed by atoms with Crippen LogP contribution >= 0.6 is 0 Å². The second-order valence-electron chi connectivity index (χ2n) is 30.0. The Bertz CT molecular complexity index is 7710. The number of benzene rings is 20. The molecule has 0 fully saturated rings. The Morgan fingerprint density at radius 2 is 0.496 bits per heavy atom. The number of furan rings is 1. The molecule has 0 aliphatic carbocycles. The topological polar surface area (TPSA) is 57.0 Å². The molecular formula is C110H67N3O2. The number of hydrogen-bond acceptors (Lipinski definition) is 4. The quantitative estimate of drug-likeness (QED) is 0.0853. The molecule has 23 rings (SSSR count). The summed E-state index contributed by atoms with van der Waals surface area (Å²) in [5, 5.41) is 26.0. The molecule has 20 aromatic carbocycles. The molecule has 23 aromatic rings. The Hall–Kier alpha value is -15.3. The zero-order valence-corrected chi connectivity index (χ0v) is 62.3. The van der Waals surface area contributed by atoms with E-state index in [-0.39, 0.29) is 0 Å². The van der Waals surface area contributed by atoms with Gasteiger partial charge in [-0.25, -0.2) is 0 Å². The lowest BCUT2D eigenvalue weighted by Gasteiger charge is -2.29. The second-order valence-corrected chi connectivity index (χ2v) is 30.0. The van der Waals surface area contributed by atoms with Crippen LogP contribution in [0.1, 0.15) is 0 Å². The minimum Gasteiger partial charge on any atom is -0.454 e.